The van der Waals surface area contributed by atoms with E-state index in [1.54, 1.807) is 11.3 Å². The molecule has 128 valence electrons. The molecule has 24 heavy (non-hydrogen) atoms. The van der Waals surface area contributed by atoms with E-state index in [9.17, 15) is 0 Å². The molecule has 0 amide bonds. The third kappa shape index (κ3) is 3.83. The van der Waals surface area contributed by atoms with Crippen LogP contribution < -0.4 is 0 Å². The van der Waals surface area contributed by atoms with Crippen LogP contribution in [0.5, 0.6) is 0 Å². The molecule has 0 aliphatic carbocycles. The molecule has 4 rings (SSSR count). The molecule has 2 aliphatic heterocycles. The molecule has 2 saturated heterocycles. The van der Waals surface area contributed by atoms with Crippen LogP contribution in [-0.2, 0) is 17.9 Å². The van der Waals surface area contributed by atoms with E-state index in [-0.39, 0.29) is 0 Å². The number of aryl methyl sites for hydroxylation is 1. The molecule has 2 fully saturated rings. The Morgan fingerprint density at radius 2 is 2.21 bits per heavy atom. The summed E-state index contributed by atoms with van der Waals surface area (Å²) < 4.78 is 6.10. The van der Waals surface area contributed by atoms with Crippen LogP contribution in [0.1, 0.15) is 22.8 Å². The molecular formula is C18H24N4OS. The standard InChI is InChI=1S/C18H24N4OS/c1-14-20-16(13-24-14)9-21-6-7-22-11-18(8-17(22)10-21)23-12-15-4-2-3-5-19-15/h2-5,13,17-18H,6-12H2,1H3/t17-,18+/m1/s1. The van der Waals surface area contributed by atoms with Crippen LogP contribution >= 0.6 is 11.3 Å². The van der Waals surface area contributed by atoms with Gasteiger partial charge < -0.3 is 4.74 Å². The highest BCUT2D eigenvalue weighted by Gasteiger charge is 2.36. The Morgan fingerprint density at radius 3 is 3.00 bits per heavy atom. The lowest BCUT2D eigenvalue weighted by atomic mass is 10.1. The van der Waals surface area contributed by atoms with Crippen molar-refractivity contribution in [1.29, 1.82) is 0 Å². The molecule has 0 radical (unpaired) electrons. The van der Waals surface area contributed by atoms with Gasteiger partial charge in [-0.1, -0.05) is 6.07 Å². The monoisotopic (exact) mass is 344 g/mol. The molecule has 6 heteroatoms. The Balaban J connectivity index is 1.27. The van der Waals surface area contributed by atoms with Crippen LogP contribution in [-0.4, -0.2) is 58.1 Å². The summed E-state index contributed by atoms with van der Waals surface area (Å²) in [6.45, 7) is 8.12. The SMILES string of the molecule is Cc1nc(CN2CCN3C[C@@H](OCc4ccccn4)C[C@@H]3C2)cs1. The zero-order chi connectivity index (χ0) is 16.4. The van der Waals surface area contributed by atoms with E-state index in [1.165, 1.54) is 5.69 Å². The molecule has 2 aliphatic rings. The molecule has 2 atom stereocenters. The van der Waals surface area contributed by atoms with Gasteiger partial charge in [0.2, 0.25) is 0 Å². The topological polar surface area (TPSA) is 41.5 Å². The smallest absolute Gasteiger partial charge is 0.0897 e. The van der Waals surface area contributed by atoms with Gasteiger partial charge in [0.25, 0.3) is 0 Å². The minimum Gasteiger partial charge on any atom is -0.371 e. The molecule has 5 nitrogen and oxygen atoms in total. The Labute approximate surface area is 147 Å². The van der Waals surface area contributed by atoms with Crippen molar-refractivity contribution in [3.8, 4) is 0 Å². The number of hydrogen-bond acceptors (Lipinski definition) is 6. The summed E-state index contributed by atoms with van der Waals surface area (Å²) in [5.74, 6) is 0. The summed E-state index contributed by atoms with van der Waals surface area (Å²) in [7, 11) is 0. The van der Waals surface area contributed by atoms with Gasteiger partial charge >= 0.3 is 0 Å². The van der Waals surface area contributed by atoms with Crippen molar-refractivity contribution in [1.82, 2.24) is 19.8 Å². The molecule has 0 aromatic carbocycles. The van der Waals surface area contributed by atoms with Crippen LogP contribution in [0.2, 0.25) is 0 Å². The van der Waals surface area contributed by atoms with Crippen molar-refractivity contribution < 1.29 is 4.74 Å². The van der Waals surface area contributed by atoms with Crippen molar-refractivity contribution in [2.45, 2.75) is 38.6 Å². The zero-order valence-corrected chi connectivity index (χ0v) is 14.9. The maximum absolute atomic E-state index is 6.10. The lowest BCUT2D eigenvalue weighted by molar-refractivity contribution is 0.0440. The summed E-state index contributed by atoms with van der Waals surface area (Å²) in [6.07, 6.45) is 3.28. The summed E-state index contributed by atoms with van der Waals surface area (Å²) in [4.78, 5) is 14.1. The van der Waals surface area contributed by atoms with Crippen LogP contribution in [0.4, 0.5) is 0 Å². The Morgan fingerprint density at radius 1 is 1.25 bits per heavy atom. The highest BCUT2D eigenvalue weighted by molar-refractivity contribution is 7.09. The number of rotatable bonds is 5. The van der Waals surface area contributed by atoms with E-state index in [4.69, 9.17) is 4.74 Å². The van der Waals surface area contributed by atoms with Gasteiger partial charge in [-0.25, -0.2) is 4.98 Å². The predicted octanol–water partition coefficient (Wildman–Crippen LogP) is 2.32. The van der Waals surface area contributed by atoms with Gasteiger partial charge in [0.05, 0.1) is 29.1 Å². The van der Waals surface area contributed by atoms with Gasteiger partial charge in [0.15, 0.2) is 0 Å². The maximum Gasteiger partial charge on any atom is 0.0897 e. The lowest BCUT2D eigenvalue weighted by Gasteiger charge is -2.36. The van der Waals surface area contributed by atoms with Crippen LogP contribution in [0.25, 0.3) is 0 Å². The summed E-state index contributed by atoms with van der Waals surface area (Å²) in [6, 6.07) is 6.60. The van der Waals surface area contributed by atoms with Crippen LogP contribution in [0.15, 0.2) is 29.8 Å². The quantitative estimate of drug-likeness (QED) is 0.833. The number of ether oxygens (including phenoxy) is 1. The first-order chi connectivity index (χ1) is 11.8. The van der Waals surface area contributed by atoms with E-state index >= 15 is 0 Å². The number of nitrogens with zero attached hydrogens (tertiary/aromatic N) is 4. The normalized spacial score (nSPS) is 25.0. The fourth-order valence-electron chi connectivity index (χ4n) is 3.72. The Bertz CT molecular complexity index is 662. The zero-order valence-electron chi connectivity index (χ0n) is 14.1. The van der Waals surface area contributed by atoms with Crippen LogP contribution in [0, 0.1) is 6.92 Å². The Kier molecular flexibility index (Phi) is 4.89. The molecule has 2 aromatic rings. The van der Waals surface area contributed by atoms with E-state index < -0.39 is 0 Å². The predicted molar refractivity (Wildman–Crippen MR) is 94.9 cm³/mol. The lowest BCUT2D eigenvalue weighted by Crippen LogP contribution is -2.49. The van der Waals surface area contributed by atoms with Crippen LogP contribution in [0.3, 0.4) is 0 Å². The molecule has 2 aromatic heterocycles. The Hall–Kier alpha value is -1.34. The first-order valence-electron chi connectivity index (χ1n) is 8.65. The molecule has 0 saturated carbocycles. The third-order valence-corrected chi connectivity index (χ3v) is 5.73. The number of piperazine rings is 1. The number of thiazole rings is 1. The molecular weight excluding hydrogens is 320 g/mol. The second-order valence-corrected chi connectivity index (χ2v) is 7.79. The number of pyridine rings is 1. The molecule has 4 heterocycles. The van der Waals surface area contributed by atoms with Crippen molar-refractivity contribution in [3.05, 3.63) is 46.2 Å². The minimum atomic E-state index is 0.332. The van der Waals surface area contributed by atoms with Gasteiger partial charge in [-0.3, -0.25) is 14.8 Å². The largest absolute Gasteiger partial charge is 0.371 e. The average molecular weight is 344 g/mol. The second-order valence-electron chi connectivity index (χ2n) is 6.73. The minimum absolute atomic E-state index is 0.332. The van der Waals surface area contributed by atoms with Gasteiger partial charge in [-0.2, -0.15) is 0 Å². The maximum atomic E-state index is 6.10. The van der Waals surface area contributed by atoms with Gasteiger partial charge in [0.1, 0.15) is 0 Å². The fourth-order valence-corrected chi connectivity index (χ4v) is 4.33. The molecule has 0 bridgehead atoms. The second kappa shape index (κ2) is 7.27. The van der Waals surface area contributed by atoms with E-state index in [2.05, 4.69) is 32.1 Å². The summed E-state index contributed by atoms with van der Waals surface area (Å²) in [5.41, 5.74) is 2.23. The molecule has 0 unspecified atom stereocenters. The highest BCUT2D eigenvalue weighted by Crippen LogP contribution is 2.25. The van der Waals surface area contributed by atoms with Crippen molar-refractivity contribution in [2.75, 3.05) is 26.2 Å². The fraction of sp³-hybridized carbons (Fsp3) is 0.556. The first kappa shape index (κ1) is 16.1. The summed E-state index contributed by atoms with van der Waals surface area (Å²) in [5, 5.41) is 3.35. The van der Waals surface area contributed by atoms with E-state index in [0.29, 0.717) is 18.8 Å². The van der Waals surface area contributed by atoms with Gasteiger partial charge in [-0.05, 0) is 25.5 Å². The van der Waals surface area contributed by atoms with Crippen molar-refractivity contribution in [2.24, 2.45) is 0 Å². The third-order valence-electron chi connectivity index (χ3n) is 4.91. The molecule has 0 spiro atoms. The average Bonchev–Trinajstić information content (AvgIpc) is 3.19. The van der Waals surface area contributed by atoms with Gasteiger partial charge in [0, 0.05) is 50.3 Å². The number of fused-ring (bicyclic) bond motifs is 1. The van der Waals surface area contributed by atoms with Crippen molar-refractivity contribution in [3.63, 3.8) is 0 Å². The number of aromatic nitrogens is 2. The van der Waals surface area contributed by atoms with Crippen molar-refractivity contribution >= 4 is 11.3 Å². The van der Waals surface area contributed by atoms with E-state index in [0.717, 1.165) is 49.8 Å². The molecule has 0 N–H and O–H groups in total. The first-order valence-corrected chi connectivity index (χ1v) is 9.53. The van der Waals surface area contributed by atoms with Gasteiger partial charge in [-0.15, -0.1) is 11.3 Å². The number of hydrogen-bond donors (Lipinski definition) is 0. The highest BCUT2D eigenvalue weighted by atomic mass is 32.1. The summed E-state index contributed by atoms with van der Waals surface area (Å²) >= 11 is 1.74. The van der Waals surface area contributed by atoms with E-state index in [1.807, 2.05) is 24.4 Å².